The Labute approximate surface area is 204 Å². The minimum atomic E-state index is -4.24. The Balaban J connectivity index is 2.13. The largest absolute Gasteiger partial charge is 0.493 e. The van der Waals surface area contributed by atoms with Crippen LogP contribution in [0.1, 0.15) is 76.2 Å². The van der Waals surface area contributed by atoms with E-state index in [0.717, 1.165) is 18.4 Å². The maximum Gasteiger partial charge on any atom is 0.389 e. The number of halogens is 3. The minimum absolute atomic E-state index is 0.127. The Kier molecular flexibility index (Phi) is 7.72. The molecule has 8 heteroatoms. The normalized spacial score (nSPS) is 22.5. The van der Waals surface area contributed by atoms with Gasteiger partial charge in [0.25, 0.3) is 0 Å². The topological polar surface area (TPSA) is 68.1 Å². The first-order valence-corrected chi connectivity index (χ1v) is 12.0. The van der Waals surface area contributed by atoms with Crippen molar-refractivity contribution in [3.8, 4) is 0 Å². The van der Waals surface area contributed by atoms with E-state index in [0.29, 0.717) is 29.2 Å². The predicted molar refractivity (Wildman–Crippen MR) is 129 cm³/mol. The molecule has 192 valence electrons. The summed E-state index contributed by atoms with van der Waals surface area (Å²) in [5.74, 6) is -0.559. The molecule has 1 aromatic carbocycles. The highest BCUT2D eigenvalue weighted by Crippen LogP contribution is 2.56. The molecule has 2 aliphatic rings. The Hall–Kier alpha value is -2.77. The van der Waals surface area contributed by atoms with Gasteiger partial charge < -0.3 is 14.7 Å². The van der Waals surface area contributed by atoms with E-state index >= 15 is 0 Å². The predicted octanol–water partition coefficient (Wildman–Crippen LogP) is 7.25. The third kappa shape index (κ3) is 6.08. The average molecular weight is 494 g/mol. The van der Waals surface area contributed by atoms with E-state index in [4.69, 9.17) is 9.57 Å². The number of fused-ring (bicyclic) bond motifs is 1. The molecule has 1 N–H and O–H groups in total. The van der Waals surface area contributed by atoms with Crippen LogP contribution in [0.3, 0.4) is 0 Å². The van der Waals surface area contributed by atoms with E-state index in [-0.39, 0.29) is 35.3 Å². The number of carbonyl (C=O) groups is 1. The first-order chi connectivity index (χ1) is 16.3. The van der Waals surface area contributed by atoms with Crippen LogP contribution in [-0.4, -0.2) is 36.2 Å². The van der Waals surface area contributed by atoms with Gasteiger partial charge >= 0.3 is 12.1 Å². The van der Waals surface area contributed by atoms with Crippen molar-refractivity contribution < 1.29 is 32.6 Å². The lowest BCUT2D eigenvalue weighted by Crippen LogP contribution is -2.44. The molecule has 1 fully saturated rings. The molecule has 5 nitrogen and oxygen atoms in total. The highest BCUT2D eigenvalue weighted by atomic mass is 19.4. The van der Waals surface area contributed by atoms with Gasteiger partial charge in [0, 0.05) is 17.9 Å². The van der Waals surface area contributed by atoms with Crippen LogP contribution in [0.2, 0.25) is 0 Å². The molecule has 0 saturated heterocycles. The van der Waals surface area contributed by atoms with Crippen LogP contribution in [0.5, 0.6) is 0 Å². The number of nitrogens with zero attached hydrogens (tertiary/aromatic N) is 1. The summed E-state index contributed by atoms with van der Waals surface area (Å²) in [6, 6.07) is 6.45. The summed E-state index contributed by atoms with van der Waals surface area (Å²) in [7, 11) is 0. The van der Waals surface area contributed by atoms with Crippen LogP contribution < -0.4 is 0 Å². The fourth-order valence-electron chi connectivity index (χ4n) is 4.90. The van der Waals surface area contributed by atoms with Crippen LogP contribution in [0.15, 0.2) is 46.8 Å². The van der Waals surface area contributed by atoms with Gasteiger partial charge in [0.05, 0.1) is 17.9 Å². The van der Waals surface area contributed by atoms with E-state index in [1.807, 2.05) is 6.92 Å². The van der Waals surface area contributed by atoms with Gasteiger partial charge in [-0.25, -0.2) is 4.79 Å². The smallest absolute Gasteiger partial charge is 0.389 e. The van der Waals surface area contributed by atoms with Crippen molar-refractivity contribution in [1.82, 2.24) is 0 Å². The maximum atomic E-state index is 12.6. The van der Waals surface area contributed by atoms with Crippen LogP contribution in [0, 0.1) is 16.7 Å². The summed E-state index contributed by atoms with van der Waals surface area (Å²) in [5.41, 5.74) is 3.00. The summed E-state index contributed by atoms with van der Waals surface area (Å²) in [6.07, 6.45) is -1.39. The summed E-state index contributed by atoms with van der Waals surface area (Å²) < 4.78 is 43.8. The SMILES string of the molecule is CCOC1=C(c2ccc(C(=O)O)cc2)C(=NOCCCC(F)(F)F)C2C(=C1)C(C)(C)CCC2(C)C. The molecule has 1 unspecified atom stereocenters. The molecule has 0 bridgehead atoms. The third-order valence-electron chi connectivity index (χ3n) is 6.91. The van der Waals surface area contributed by atoms with Crippen molar-refractivity contribution in [1.29, 1.82) is 0 Å². The lowest BCUT2D eigenvalue weighted by atomic mass is 9.54. The standard InChI is InChI=1S/C27H34F3NO4/c1-6-34-20-16-19-22(26(4,5)14-13-25(19,2)3)23(31-35-15-7-12-27(28,29)30)21(20)17-8-10-18(11-9-17)24(32)33/h8-11,16,22H,6-7,12-15H2,1-5H3,(H,32,33). The van der Waals surface area contributed by atoms with Crippen LogP contribution in [0.25, 0.3) is 5.57 Å². The Morgan fingerprint density at radius 1 is 1.14 bits per heavy atom. The number of ether oxygens (including phenoxy) is 1. The van der Waals surface area contributed by atoms with Crippen LogP contribution >= 0.6 is 0 Å². The summed E-state index contributed by atoms with van der Waals surface area (Å²) in [5, 5.41) is 13.8. The van der Waals surface area contributed by atoms with Crippen molar-refractivity contribution in [2.75, 3.05) is 13.2 Å². The Bertz CT molecular complexity index is 1030. The van der Waals surface area contributed by atoms with Gasteiger partial charge in [-0.1, -0.05) is 50.6 Å². The maximum absolute atomic E-state index is 12.6. The Morgan fingerprint density at radius 3 is 2.37 bits per heavy atom. The molecule has 1 atom stereocenters. The van der Waals surface area contributed by atoms with Crippen molar-refractivity contribution in [2.24, 2.45) is 21.9 Å². The van der Waals surface area contributed by atoms with Crippen molar-refractivity contribution >= 4 is 17.3 Å². The number of hydrogen-bond acceptors (Lipinski definition) is 4. The van der Waals surface area contributed by atoms with E-state index < -0.39 is 18.6 Å². The number of hydrogen-bond donors (Lipinski definition) is 1. The highest BCUT2D eigenvalue weighted by molar-refractivity contribution is 6.27. The molecule has 0 spiro atoms. The summed E-state index contributed by atoms with van der Waals surface area (Å²) in [4.78, 5) is 16.9. The van der Waals surface area contributed by atoms with E-state index in [1.54, 1.807) is 12.1 Å². The zero-order valence-electron chi connectivity index (χ0n) is 21.0. The fourth-order valence-corrected chi connectivity index (χ4v) is 4.90. The van der Waals surface area contributed by atoms with Crippen molar-refractivity contribution in [2.45, 2.75) is 66.5 Å². The molecule has 1 saturated carbocycles. The molecule has 2 aliphatic carbocycles. The summed E-state index contributed by atoms with van der Waals surface area (Å²) >= 11 is 0. The van der Waals surface area contributed by atoms with Gasteiger partial charge in [0.1, 0.15) is 12.4 Å². The first kappa shape index (κ1) is 26.8. The van der Waals surface area contributed by atoms with E-state index in [2.05, 4.69) is 38.9 Å². The second-order valence-electron chi connectivity index (χ2n) is 10.5. The zero-order valence-corrected chi connectivity index (χ0v) is 21.0. The first-order valence-electron chi connectivity index (χ1n) is 12.0. The molecule has 0 amide bonds. The number of carboxylic acid groups (broad SMARTS) is 1. The van der Waals surface area contributed by atoms with Gasteiger partial charge in [-0.15, -0.1) is 0 Å². The quantitative estimate of drug-likeness (QED) is 0.306. The highest BCUT2D eigenvalue weighted by Gasteiger charge is 2.49. The zero-order chi connectivity index (χ0) is 26.0. The summed E-state index contributed by atoms with van der Waals surface area (Å²) in [6.45, 7) is 10.8. The van der Waals surface area contributed by atoms with Gasteiger partial charge in [0.15, 0.2) is 0 Å². The molecule has 3 rings (SSSR count). The molecular formula is C27H34F3NO4. The molecule has 0 heterocycles. The number of aromatic carboxylic acids is 1. The molecule has 0 aromatic heterocycles. The van der Waals surface area contributed by atoms with Gasteiger partial charge in [-0.05, 0) is 60.8 Å². The fraction of sp³-hybridized carbons (Fsp3) is 0.556. The van der Waals surface area contributed by atoms with Crippen LogP contribution in [0.4, 0.5) is 13.2 Å². The third-order valence-corrected chi connectivity index (χ3v) is 6.91. The lowest BCUT2D eigenvalue weighted by molar-refractivity contribution is -0.137. The number of benzene rings is 1. The van der Waals surface area contributed by atoms with Crippen molar-refractivity contribution in [3.63, 3.8) is 0 Å². The number of rotatable bonds is 8. The van der Waals surface area contributed by atoms with Crippen molar-refractivity contribution in [3.05, 3.63) is 52.8 Å². The monoisotopic (exact) mass is 493 g/mol. The number of allylic oxidation sites excluding steroid dienone is 3. The molecular weight excluding hydrogens is 459 g/mol. The molecule has 35 heavy (non-hydrogen) atoms. The Morgan fingerprint density at radius 2 is 1.80 bits per heavy atom. The molecule has 0 radical (unpaired) electrons. The van der Waals surface area contributed by atoms with Gasteiger partial charge in [-0.2, -0.15) is 13.2 Å². The minimum Gasteiger partial charge on any atom is -0.493 e. The number of alkyl halides is 3. The van der Waals surface area contributed by atoms with Gasteiger partial charge in [0.2, 0.25) is 0 Å². The number of carboxylic acids is 1. The number of oxime groups is 1. The van der Waals surface area contributed by atoms with E-state index in [9.17, 15) is 23.1 Å². The lowest BCUT2D eigenvalue weighted by Gasteiger charge is -2.50. The van der Waals surface area contributed by atoms with E-state index in [1.165, 1.54) is 12.1 Å². The molecule has 1 aromatic rings. The second kappa shape index (κ2) is 10.1. The average Bonchev–Trinajstić information content (AvgIpc) is 2.76. The van der Waals surface area contributed by atoms with Crippen LogP contribution in [-0.2, 0) is 9.57 Å². The molecule has 0 aliphatic heterocycles. The van der Waals surface area contributed by atoms with Gasteiger partial charge in [-0.3, -0.25) is 0 Å². The second-order valence-corrected chi connectivity index (χ2v) is 10.5.